The van der Waals surface area contributed by atoms with Crippen molar-refractivity contribution in [2.45, 2.75) is 0 Å². The number of nitrogens with zero attached hydrogens (tertiary/aromatic N) is 3. The Labute approximate surface area is 225 Å². The van der Waals surface area contributed by atoms with Crippen LogP contribution < -0.4 is 10.1 Å². The smallest absolute Gasteiger partial charge is 0.228 e. The van der Waals surface area contributed by atoms with E-state index in [1.807, 2.05) is 90.6 Å². The van der Waals surface area contributed by atoms with Gasteiger partial charge in [-0.05, 0) is 42.5 Å². The Kier molecular flexibility index (Phi) is 8.29. The maximum absolute atomic E-state index is 6.10. The molecule has 0 bridgehead atoms. The van der Waals surface area contributed by atoms with Crippen molar-refractivity contribution in [2.75, 3.05) is 43.1 Å². The number of ether oxygens (including phenoxy) is 1. The highest BCUT2D eigenvalue weighted by Gasteiger charge is 2.12. The largest absolute Gasteiger partial charge is 0.492 e. The predicted molar refractivity (Wildman–Crippen MR) is 152 cm³/mol. The van der Waals surface area contributed by atoms with E-state index >= 15 is 0 Å². The molecular weight excluding hydrogens is 511 g/mol. The van der Waals surface area contributed by atoms with Gasteiger partial charge in [0.25, 0.3) is 0 Å². The van der Waals surface area contributed by atoms with E-state index < -0.39 is 0 Å². The number of halogens is 2. The fourth-order valence-electron chi connectivity index (χ4n) is 3.95. The molecule has 0 spiro atoms. The van der Waals surface area contributed by atoms with E-state index in [9.17, 15) is 0 Å². The van der Waals surface area contributed by atoms with Crippen molar-refractivity contribution in [3.8, 4) is 28.3 Å². The summed E-state index contributed by atoms with van der Waals surface area (Å²) in [5.41, 5.74) is 4.35. The molecular formula is C28H26Cl2N4OS. The van der Waals surface area contributed by atoms with E-state index in [4.69, 9.17) is 37.9 Å². The van der Waals surface area contributed by atoms with Crippen molar-refractivity contribution in [2.24, 2.45) is 0 Å². The molecule has 0 atom stereocenters. The van der Waals surface area contributed by atoms with Crippen molar-refractivity contribution in [3.05, 3.63) is 88.9 Å². The third kappa shape index (κ3) is 6.71. The van der Waals surface area contributed by atoms with Gasteiger partial charge in [0.05, 0.1) is 11.4 Å². The quantitative estimate of drug-likeness (QED) is 0.255. The van der Waals surface area contributed by atoms with Crippen LogP contribution in [0.4, 0.5) is 11.6 Å². The lowest BCUT2D eigenvalue weighted by Crippen LogP contribution is -2.35. The van der Waals surface area contributed by atoms with E-state index in [1.54, 1.807) is 0 Å². The standard InChI is InChI=1S/C28H26Cl2N4OS/c29-22-8-4-20(5-9-22)26-19-27(21-6-10-23(30)11-7-21)33-28(32-26)31-24-2-1-3-25(18-24)35-15-12-34-13-16-36-17-14-34/h1-11,18-19H,12-17H2,(H,31,32,33). The molecule has 0 aliphatic carbocycles. The van der Waals surface area contributed by atoms with Crippen LogP contribution in [0, 0.1) is 0 Å². The van der Waals surface area contributed by atoms with E-state index in [1.165, 1.54) is 11.5 Å². The zero-order valence-corrected chi connectivity index (χ0v) is 22.0. The summed E-state index contributed by atoms with van der Waals surface area (Å²) >= 11 is 14.2. The van der Waals surface area contributed by atoms with E-state index in [0.29, 0.717) is 22.6 Å². The lowest BCUT2D eigenvalue weighted by molar-refractivity contribution is 0.222. The molecule has 36 heavy (non-hydrogen) atoms. The Morgan fingerprint density at radius 2 is 1.42 bits per heavy atom. The molecule has 1 aromatic heterocycles. The Bertz CT molecular complexity index is 1230. The zero-order chi connectivity index (χ0) is 24.7. The molecule has 4 aromatic rings. The molecule has 0 radical (unpaired) electrons. The lowest BCUT2D eigenvalue weighted by atomic mass is 10.1. The fraction of sp³-hybridized carbons (Fsp3) is 0.214. The molecule has 5 rings (SSSR count). The molecule has 2 heterocycles. The lowest BCUT2D eigenvalue weighted by Gasteiger charge is -2.25. The Morgan fingerprint density at radius 3 is 2.03 bits per heavy atom. The molecule has 1 fully saturated rings. The number of thioether (sulfide) groups is 1. The van der Waals surface area contributed by atoms with Crippen LogP contribution in [-0.2, 0) is 0 Å². The van der Waals surface area contributed by atoms with Gasteiger partial charge in [-0.3, -0.25) is 4.90 Å². The second-order valence-corrected chi connectivity index (χ2v) is 10.5. The third-order valence-electron chi connectivity index (χ3n) is 5.88. The second kappa shape index (κ2) is 12.0. The summed E-state index contributed by atoms with van der Waals surface area (Å²) in [4.78, 5) is 12.0. The number of aromatic nitrogens is 2. The van der Waals surface area contributed by atoms with Gasteiger partial charge in [-0.2, -0.15) is 11.8 Å². The van der Waals surface area contributed by atoms with Gasteiger partial charge in [0.2, 0.25) is 5.95 Å². The Morgan fingerprint density at radius 1 is 0.806 bits per heavy atom. The maximum atomic E-state index is 6.10. The van der Waals surface area contributed by atoms with Gasteiger partial charge in [0, 0.05) is 64.1 Å². The molecule has 8 heteroatoms. The number of benzene rings is 3. The van der Waals surface area contributed by atoms with Crippen LogP contribution in [0.2, 0.25) is 10.0 Å². The first-order valence-corrected chi connectivity index (χ1v) is 13.7. The van der Waals surface area contributed by atoms with Crippen LogP contribution in [0.25, 0.3) is 22.5 Å². The van der Waals surface area contributed by atoms with Gasteiger partial charge in [-0.15, -0.1) is 0 Å². The minimum atomic E-state index is 0.496. The zero-order valence-electron chi connectivity index (χ0n) is 19.7. The number of nitrogens with one attached hydrogen (secondary N) is 1. The Balaban J connectivity index is 1.36. The molecule has 0 unspecified atom stereocenters. The van der Waals surface area contributed by atoms with Crippen molar-refractivity contribution < 1.29 is 4.74 Å². The number of hydrogen-bond acceptors (Lipinski definition) is 6. The second-order valence-electron chi connectivity index (χ2n) is 8.43. The van der Waals surface area contributed by atoms with Crippen molar-refractivity contribution in [1.82, 2.24) is 14.9 Å². The SMILES string of the molecule is Clc1ccc(-c2cc(-c3ccc(Cl)cc3)nc(Nc3cccc(OCCN4CCSCC4)c3)n2)cc1. The van der Waals surface area contributed by atoms with Crippen molar-refractivity contribution in [1.29, 1.82) is 0 Å². The predicted octanol–water partition coefficient (Wildman–Crippen LogP) is 7.29. The number of anilines is 2. The van der Waals surface area contributed by atoms with Crippen LogP contribution >= 0.6 is 35.0 Å². The number of rotatable bonds is 8. The maximum Gasteiger partial charge on any atom is 0.228 e. The average molecular weight is 538 g/mol. The van der Waals surface area contributed by atoms with Crippen molar-refractivity contribution >= 4 is 46.6 Å². The summed E-state index contributed by atoms with van der Waals surface area (Å²) in [7, 11) is 0. The summed E-state index contributed by atoms with van der Waals surface area (Å²) in [6.07, 6.45) is 0. The first kappa shape index (κ1) is 24.9. The van der Waals surface area contributed by atoms with Gasteiger partial charge in [0.15, 0.2) is 0 Å². The molecule has 0 amide bonds. The van der Waals surface area contributed by atoms with Gasteiger partial charge in [0.1, 0.15) is 12.4 Å². The monoisotopic (exact) mass is 536 g/mol. The summed E-state index contributed by atoms with van der Waals surface area (Å²) in [5.74, 6) is 3.72. The topological polar surface area (TPSA) is 50.3 Å². The van der Waals surface area contributed by atoms with E-state index in [2.05, 4.69) is 10.2 Å². The van der Waals surface area contributed by atoms with Gasteiger partial charge in [-0.1, -0.05) is 53.5 Å². The molecule has 0 saturated carbocycles. The highest BCUT2D eigenvalue weighted by atomic mass is 35.5. The van der Waals surface area contributed by atoms with Crippen LogP contribution in [0.1, 0.15) is 0 Å². The summed E-state index contributed by atoms with van der Waals surface area (Å²) in [6.45, 7) is 3.87. The highest BCUT2D eigenvalue weighted by molar-refractivity contribution is 7.99. The van der Waals surface area contributed by atoms with Crippen LogP contribution in [0.15, 0.2) is 78.9 Å². The van der Waals surface area contributed by atoms with Gasteiger partial charge < -0.3 is 10.1 Å². The first-order chi connectivity index (χ1) is 17.6. The molecule has 5 nitrogen and oxygen atoms in total. The summed E-state index contributed by atoms with van der Waals surface area (Å²) in [6, 6.07) is 25.1. The normalized spacial score (nSPS) is 13.9. The molecule has 184 valence electrons. The number of hydrogen-bond donors (Lipinski definition) is 1. The third-order valence-corrected chi connectivity index (χ3v) is 7.32. The molecule has 1 aliphatic heterocycles. The van der Waals surface area contributed by atoms with Crippen LogP contribution in [-0.4, -0.2) is 52.6 Å². The minimum absolute atomic E-state index is 0.496. The van der Waals surface area contributed by atoms with Gasteiger partial charge in [-0.25, -0.2) is 9.97 Å². The molecule has 1 N–H and O–H groups in total. The summed E-state index contributed by atoms with van der Waals surface area (Å²) in [5, 5.41) is 4.72. The van der Waals surface area contributed by atoms with Crippen LogP contribution in [0.5, 0.6) is 5.75 Å². The average Bonchev–Trinajstić information content (AvgIpc) is 2.90. The molecule has 3 aromatic carbocycles. The minimum Gasteiger partial charge on any atom is -0.492 e. The van der Waals surface area contributed by atoms with E-state index in [-0.39, 0.29) is 0 Å². The molecule has 1 aliphatic rings. The van der Waals surface area contributed by atoms with Crippen LogP contribution in [0.3, 0.4) is 0 Å². The molecule has 1 saturated heterocycles. The van der Waals surface area contributed by atoms with Gasteiger partial charge >= 0.3 is 0 Å². The summed E-state index contributed by atoms with van der Waals surface area (Å²) < 4.78 is 6.04. The van der Waals surface area contributed by atoms with Crippen molar-refractivity contribution in [3.63, 3.8) is 0 Å². The highest BCUT2D eigenvalue weighted by Crippen LogP contribution is 2.28. The Hall–Kier alpha value is -2.77. The first-order valence-electron chi connectivity index (χ1n) is 11.8. The fourth-order valence-corrected chi connectivity index (χ4v) is 5.18. The van der Waals surface area contributed by atoms with E-state index in [0.717, 1.165) is 53.6 Å².